The Morgan fingerprint density at radius 2 is 1.41 bits per heavy atom. The molecule has 2 heteroatoms. The minimum atomic E-state index is 0.919. The summed E-state index contributed by atoms with van der Waals surface area (Å²) < 4.78 is 0. The molecule has 5 aromatic rings. The van der Waals surface area contributed by atoms with Gasteiger partial charge >= 0.3 is 0 Å². The number of anilines is 1. The van der Waals surface area contributed by atoms with Crippen LogP contribution in [0.4, 0.5) is 5.69 Å². The molecule has 142 valence electrons. The fourth-order valence-electron chi connectivity index (χ4n) is 4.16. The molecule has 0 saturated carbocycles. The Labute approximate surface area is 171 Å². The van der Waals surface area contributed by atoms with Gasteiger partial charge in [-0.25, -0.2) is 0 Å². The molecule has 0 radical (unpaired) electrons. The maximum Gasteiger partial charge on any atom is 0.0593 e. The van der Waals surface area contributed by atoms with Crippen molar-refractivity contribution in [2.75, 3.05) is 11.6 Å². The predicted molar refractivity (Wildman–Crippen MR) is 126 cm³/mol. The Morgan fingerprint density at radius 3 is 2.17 bits per heavy atom. The van der Waals surface area contributed by atoms with Crippen LogP contribution in [0.25, 0.3) is 32.3 Å². The highest BCUT2D eigenvalue weighted by molar-refractivity contribution is 6.25. The number of hydrazone groups is 1. The van der Waals surface area contributed by atoms with Gasteiger partial charge in [-0.05, 0) is 50.9 Å². The van der Waals surface area contributed by atoms with Crippen molar-refractivity contribution in [3.63, 3.8) is 0 Å². The van der Waals surface area contributed by atoms with Crippen LogP contribution in [0.3, 0.4) is 0 Å². The first-order chi connectivity index (χ1) is 14.3. The number of rotatable bonds is 6. The monoisotopic (exact) mass is 376 g/mol. The van der Waals surface area contributed by atoms with E-state index >= 15 is 0 Å². The van der Waals surface area contributed by atoms with Crippen molar-refractivity contribution in [1.82, 2.24) is 0 Å². The Kier molecular flexibility index (Phi) is 4.61. The molecule has 0 aromatic heterocycles. The lowest BCUT2D eigenvalue weighted by Crippen LogP contribution is -2.17. The van der Waals surface area contributed by atoms with E-state index < -0.39 is 0 Å². The lowest BCUT2D eigenvalue weighted by molar-refractivity contribution is 0.741. The molecule has 0 aliphatic carbocycles. The predicted octanol–water partition coefficient (Wildman–Crippen LogP) is 7.22. The molecule has 0 unspecified atom stereocenters. The second-order valence-electron chi connectivity index (χ2n) is 7.57. The van der Waals surface area contributed by atoms with Gasteiger partial charge in [0.2, 0.25) is 0 Å². The van der Waals surface area contributed by atoms with Crippen molar-refractivity contribution in [2.24, 2.45) is 5.10 Å². The molecule has 0 heterocycles. The normalized spacial score (nSPS) is 11.9. The van der Waals surface area contributed by atoms with Crippen LogP contribution in [0.1, 0.15) is 25.3 Å². The summed E-state index contributed by atoms with van der Waals surface area (Å²) in [5.74, 6) is 0. The van der Waals surface area contributed by atoms with E-state index in [9.17, 15) is 0 Å². The van der Waals surface area contributed by atoms with Gasteiger partial charge in [0.25, 0.3) is 0 Å². The van der Waals surface area contributed by atoms with Gasteiger partial charge in [0.1, 0.15) is 0 Å². The topological polar surface area (TPSA) is 15.6 Å². The highest BCUT2D eigenvalue weighted by Gasteiger charge is 2.10. The van der Waals surface area contributed by atoms with E-state index in [1.165, 1.54) is 32.3 Å². The maximum atomic E-state index is 4.89. The standard InChI is InChI=1S/C27H24N2/c1-2-3-18-29(24-10-5-4-6-11-24)28-19-23-15-14-22-13-12-20-8-7-9-21-16-17-25(23)27(22)26(20)21/h4-17,19H,2-3,18H2,1H3/b28-19+. The highest BCUT2D eigenvalue weighted by atomic mass is 15.4. The summed E-state index contributed by atoms with van der Waals surface area (Å²) in [5, 5.41) is 14.8. The van der Waals surface area contributed by atoms with Crippen LogP contribution in [-0.2, 0) is 0 Å². The molecule has 2 nitrogen and oxygen atoms in total. The molecule has 5 rings (SSSR count). The number of hydrogen-bond acceptors (Lipinski definition) is 2. The summed E-state index contributed by atoms with van der Waals surface area (Å²) >= 11 is 0. The lowest BCUT2D eigenvalue weighted by atomic mass is 9.92. The van der Waals surface area contributed by atoms with Gasteiger partial charge in [0.15, 0.2) is 0 Å². The quantitative estimate of drug-likeness (QED) is 0.173. The first-order valence-electron chi connectivity index (χ1n) is 10.4. The second kappa shape index (κ2) is 7.56. The van der Waals surface area contributed by atoms with Crippen LogP contribution in [0.15, 0.2) is 90.0 Å². The zero-order valence-corrected chi connectivity index (χ0v) is 16.7. The summed E-state index contributed by atoms with van der Waals surface area (Å²) in [5.41, 5.74) is 2.29. The molecular formula is C27H24N2. The first kappa shape index (κ1) is 17.7. The van der Waals surface area contributed by atoms with Gasteiger partial charge in [-0.15, -0.1) is 0 Å². The maximum absolute atomic E-state index is 4.89. The number of para-hydroxylation sites is 1. The molecular weight excluding hydrogens is 352 g/mol. The third-order valence-corrected chi connectivity index (χ3v) is 5.68. The summed E-state index contributed by atoms with van der Waals surface area (Å²) in [4.78, 5) is 0. The minimum absolute atomic E-state index is 0.919. The lowest BCUT2D eigenvalue weighted by Gasteiger charge is -2.19. The molecule has 0 spiro atoms. The van der Waals surface area contributed by atoms with Crippen molar-refractivity contribution >= 4 is 44.2 Å². The zero-order chi connectivity index (χ0) is 19.6. The zero-order valence-electron chi connectivity index (χ0n) is 16.7. The molecule has 0 saturated heterocycles. The van der Waals surface area contributed by atoms with E-state index in [1.807, 2.05) is 12.3 Å². The molecule has 0 fully saturated rings. The van der Waals surface area contributed by atoms with E-state index in [1.54, 1.807) is 0 Å². The average molecular weight is 377 g/mol. The van der Waals surface area contributed by atoms with Crippen LogP contribution in [0.2, 0.25) is 0 Å². The third kappa shape index (κ3) is 3.21. The molecule has 0 bridgehead atoms. The van der Waals surface area contributed by atoms with Gasteiger partial charge < -0.3 is 0 Å². The fourth-order valence-corrected chi connectivity index (χ4v) is 4.16. The Bertz CT molecular complexity index is 1270. The van der Waals surface area contributed by atoms with Crippen molar-refractivity contribution in [1.29, 1.82) is 0 Å². The van der Waals surface area contributed by atoms with Crippen molar-refractivity contribution in [3.8, 4) is 0 Å². The Balaban J connectivity index is 1.62. The van der Waals surface area contributed by atoms with Crippen LogP contribution >= 0.6 is 0 Å². The Morgan fingerprint density at radius 1 is 0.724 bits per heavy atom. The highest BCUT2D eigenvalue weighted by Crippen LogP contribution is 2.35. The van der Waals surface area contributed by atoms with Crippen LogP contribution < -0.4 is 5.01 Å². The average Bonchev–Trinajstić information content (AvgIpc) is 2.78. The van der Waals surface area contributed by atoms with E-state index in [2.05, 4.69) is 90.8 Å². The molecule has 29 heavy (non-hydrogen) atoms. The minimum Gasteiger partial charge on any atom is -0.266 e. The van der Waals surface area contributed by atoms with E-state index in [0.717, 1.165) is 30.6 Å². The number of hydrogen-bond donors (Lipinski definition) is 0. The van der Waals surface area contributed by atoms with E-state index in [-0.39, 0.29) is 0 Å². The van der Waals surface area contributed by atoms with Crippen LogP contribution in [-0.4, -0.2) is 12.8 Å². The largest absolute Gasteiger partial charge is 0.266 e. The molecule has 0 aliphatic rings. The number of benzene rings is 5. The molecule has 0 amide bonds. The Hall–Kier alpha value is -3.39. The number of nitrogens with zero attached hydrogens (tertiary/aromatic N) is 2. The SMILES string of the molecule is CCCCN(/N=C/c1ccc2ccc3cccc4ccc1c2c34)c1ccccc1. The van der Waals surface area contributed by atoms with Gasteiger partial charge in [0, 0.05) is 12.1 Å². The van der Waals surface area contributed by atoms with E-state index in [0.29, 0.717) is 0 Å². The van der Waals surface area contributed by atoms with Gasteiger partial charge in [-0.1, -0.05) is 86.1 Å². The van der Waals surface area contributed by atoms with Gasteiger partial charge in [-0.3, -0.25) is 5.01 Å². The van der Waals surface area contributed by atoms with Crippen molar-refractivity contribution in [2.45, 2.75) is 19.8 Å². The van der Waals surface area contributed by atoms with Crippen molar-refractivity contribution < 1.29 is 0 Å². The van der Waals surface area contributed by atoms with Crippen molar-refractivity contribution in [3.05, 3.63) is 90.5 Å². The second-order valence-corrected chi connectivity index (χ2v) is 7.57. The molecule has 0 aliphatic heterocycles. The van der Waals surface area contributed by atoms with Crippen LogP contribution in [0, 0.1) is 0 Å². The van der Waals surface area contributed by atoms with Crippen LogP contribution in [0.5, 0.6) is 0 Å². The molecule has 0 atom stereocenters. The summed E-state index contributed by atoms with van der Waals surface area (Å²) in [7, 11) is 0. The summed E-state index contributed by atoms with van der Waals surface area (Å²) in [6.07, 6.45) is 4.29. The number of unbranched alkanes of at least 4 members (excludes halogenated alkanes) is 1. The van der Waals surface area contributed by atoms with Gasteiger partial charge in [-0.2, -0.15) is 5.10 Å². The molecule has 5 aromatic carbocycles. The summed E-state index contributed by atoms with van der Waals surface area (Å²) in [6, 6.07) is 30.3. The first-order valence-corrected chi connectivity index (χ1v) is 10.4. The van der Waals surface area contributed by atoms with Gasteiger partial charge in [0.05, 0.1) is 11.9 Å². The van der Waals surface area contributed by atoms with E-state index in [4.69, 9.17) is 5.10 Å². The summed E-state index contributed by atoms with van der Waals surface area (Å²) in [6.45, 7) is 3.14. The fraction of sp³-hybridized carbons (Fsp3) is 0.148. The third-order valence-electron chi connectivity index (χ3n) is 5.68. The molecule has 0 N–H and O–H groups in total. The smallest absolute Gasteiger partial charge is 0.0593 e.